The van der Waals surface area contributed by atoms with E-state index in [1.165, 1.54) is 9.80 Å². The fraction of sp³-hybridized carbons (Fsp3) is 0.259. The number of amides is 2. The normalized spacial score (nSPS) is 12.4. The first-order chi connectivity index (χ1) is 17.2. The van der Waals surface area contributed by atoms with Crippen LogP contribution in [0, 0.1) is 0 Å². The van der Waals surface area contributed by atoms with Crippen LogP contribution in [-0.2, 0) is 24.5 Å². The van der Waals surface area contributed by atoms with Crippen LogP contribution in [0.25, 0.3) is 0 Å². The van der Waals surface area contributed by atoms with Crippen LogP contribution < -0.4 is 10.1 Å². The number of phenolic OH excluding ortho intramolecular Hbond substituents is 1. The summed E-state index contributed by atoms with van der Waals surface area (Å²) in [7, 11) is 3.34. The zero-order chi connectivity index (χ0) is 25.8. The molecular weight excluding hydrogens is 468 g/mol. The standard InChI is InChI=1S/C27H27F2N3O4/c1-31(2)24(34)13-30-21-10-6-9-18-14-32(15-20(18)21)27(35)25-22(33)11-19(26(28)29)12-23(25)36-16-17-7-4-3-5-8-17/h3-12,26,30,33H,13-16H2,1-2H3. The van der Waals surface area contributed by atoms with Gasteiger partial charge in [0.05, 0.1) is 6.54 Å². The Hall–Kier alpha value is -4.14. The monoisotopic (exact) mass is 495 g/mol. The summed E-state index contributed by atoms with van der Waals surface area (Å²) in [5.74, 6) is -1.30. The third-order valence-corrected chi connectivity index (χ3v) is 6.01. The summed E-state index contributed by atoms with van der Waals surface area (Å²) in [6, 6.07) is 16.6. The summed E-state index contributed by atoms with van der Waals surface area (Å²) in [6.45, 7) is 0.632. The van der Waals surface area contributed by atoms with Gasteiger partial charge in [0, 0.05) is 38.4 Å². The molecule has 0 aliphatic carbocycles. The van der Waals surface area contributed by atoms with Gasteiger partial charge in [-0.1, -0.05) is 42.5 Å². The molecule has 0 bridgehead atoms. The van der Waals surface area contributed by atoms with Crippen LogP contribution in [0.2, 0.25) is 0 Å². The van der Waals surface area contributed by atoms with Gasteiger partial charge in [0.25, 0.3) is 12.3 Å². The minimum Gasteiger partial charge on any atom is -0.507 e. The molecule has 0 atom stereocenters. The Morgan fingerprint density at radius 2 is 1.83 bits per heavy atom. The highest BCUT2D eigenvalue weighted by atomic mass is 19.3. The van der Waals surface area contributed by atoms with E-state index in [0.29, 0.717) is 0 Å². The van der Waals surface area contributed by atoms with Crippen LogP contribution in [0.5, 0.6) is 11.5 Å². The number of nitrogens with zero attached hydrogens (tertiary/aromatic N) is 2. The first-order valence-corrected chi connectivity index (χ1v) is 11.4. The highest BCUT2D eigenvalue weighted by molar-refractivity contribution is 6.00. The van der Waals surface area contributed by atoms with Gasteiger partial charge in [-0.25, -0.2) is 8.78 Å². The quantitative estimate of drug-likeness (QED) is 0.479. The van der Waals surface area contributed by atoms with E-state index in [-0.39, 0.29) is 43.5 Å². The second-order valence-electron chi connectivity index (χ2n) is 8.73. The van der Waals surface area contributed by atoms with Gasteiger partial charge in [0.2, 0.25) is 5.91 Å². The van der Waals surface area contributed by atoms with E-state index in [1.54, 1.807) is 14.1 Å². The molecule has 2 amide bonds. The Balaban J connectivity index is 1.59. The third-order valence-electron chi connectivity index (χ3n) is 6.01. The van der Waals surface area contributed by atoms with Gasteiger partial charge in [-0.2, -0.15) is 0 Å². The van der Waals surface area contributed by atoms with Gasteiger partial charge < -0.3 is 25.0 Å². The second-order valence-corrected chi connectivity index (χ2v) is 8.73. The smallest absolute Gasteiger partial charge is 0.264 e. The van der Waals surface area contributed by atoms with Crippen LogP contribution in [0.4, 0.5) is 14.5 Å². The second kappa shape index (κ2) is 10.6. The van der Waals surface area contributed by atoms with E-state index in [1.807, 2.05) is 48.5 Å². The lowest BCUT2D eigenvalue weighted by Crippen LogP contribution is -2.29. The Kier molecular flexibility index (Phi) is 7.38. The van der Waals surface area contributed by atoms with E-state index in [4.69, 9.17) is 4.74 Å². The van der Waals surface area contributed by atoms with Crippen molar-refractivity contribution in [2.75, 3.05) is 26.0 Å². The number of hydrogen-bond acceptors (Lipinski definition) is 5. The largest absolute Gasteiger partial charge is 0.507 e. The number of halogens is 2. The summed E-state index contributed by atoms with van der Waals surface area (Å²) in [5, 5.41) is 13.7. The Morgan fingerprint density at radius 3 is 2.53 bits per heavy atom. The molecule has 36 heavy (non-hydrogen) atoms. The van der Waals surface area contributed by atoms with Crippen molar-refractivity contribution in [3.05, 3.63) is 88.5 Å². The number of phenols is 1. The van der Waals surface area contributed by atoms with E-state index in [2.05, 4.69) is 5.32 Å². The number of anilines is 1. The maximum Gasteiger partial charge on any atom is 0.264 e. The molecule has 0 spiro atoms. The lowest BCUT2D eigenvalue weighted by atomic mass is 10.1. The summed E-state index contributed by atoms with van der Waals surface area (Å²) >= 11 is 0. The molecule has 0 radical (unpaired) electrons. The van der Waals surface area contributed by atoms with Crippen LogP contribution in [0.1, 0.15) is 39.0 Å². The number of aromatic hydroxyl groups is 1. The molecular formula is C27H27F2N3O4. The summed E-state index contributed by atoms with van der Waals surface area (Å²) in [6.07, 6.45) is -2.84. The molecule has 0 saturated carbocycles. The van der Waals surface area contributed by atoms with Crippen LogP contribution in [-0.4, -0.2) is 47.4 Å². The molecule has 0 aromatic heterocycles. The number of rotatable bonds is 8. The van der Waals surface area contributed by atoms with Gasteiger partial charge in [0.15, 0.2) is 0 Å². The lowest BCUT2D eigenvalue weighted by molar-refractivity contribution is -0.126. The molecule has 0 unspecified atom stereocenters. The van der Waals surface area contributed by atoms with Gasteiger partial charge in [-0.3, -0.25) is 9.59 Å². The fourth-order valence-corrected chi connectivity index (χ4v) is 4.03. The van der Waals surface area contributed by atoms with Gasteiger partial charge in [-0.15, -0.1) is 0 Å². The molecule has 7 nitrogen and oxygen atoms in total. The molecule has 3 aromatic carbocycles. The van der Waals surface area contributed by atoms with E-state index >= 15 is 0 Å². The number of likely N-dealkylation sites (N-methyl/N-ethyl adjacent to an activating group) is 1. The van der Waals surface area contributed by atoms with E-state index in [9.17, 15) is 23.5 Å². The number of hydrogen-bond donors (Lipinski definition) is 2. The predicted octanol–water partition coefficient (Wildman–Crippen LogP) is 4.56. The third kappa shape index (κ3) is 5.40. The van der Waals surface area contributed by atoms with Gasteiger partial charge in [-0.05, 0) is 34.9 Å². The highest BCUT2D eigenvalue weighted by Gasteiger charge is 2.31. The van der Waals surface area contributed by atoms with Crippen LogP contribution in [0.3, 0.4) is 0 Å². The van der Waals surface area contributed by atoms with Gasteiger partial charge in [0.1, 0.15) is 23.7 Å². The van der Waals surface area contributed by atoms with Crippen molar-refractivity contribution in [2.45, 2.75) is 26.1 Å². The maximum absolute atomic E-state index is 13.5. The number of alkyl halides is 2. The Labute approximate surface area is 207 Å². The zero-order valence-electron chi connectivity index (χ0n) is 20.0. The number of ether oxygens (including phenoxy) is 1. The number of carbonyl (C=O) groups excluding carboxylic acids is 2. The average Bonchev–Trinajstić information content (AvgIpc) is 3.31. The first kappa shape index (κ1) is 25.0. The van der Waals surface area contributed by atoms with Crippen molar-refractivity contribution < 1.29 is 28.2 Å². The minimum absolute atomic E-state index is 0.0431. The average molecular weight is 496 g/mol. The zero-order valence-corrected chi connectivity index (χ0v) is 20.0. The van der Waals surface area contributed by atoms with Crippen molar-refractivity contribution in [1.82, 2.24) is 9.80 Å². The number of benzene rings is 3. The summed E-state index contributed by atoms with van der Waals surface area (Å²) in [4.78, 5) is 28.5. The fourth-order valence-electron chi connectivity index (χ4n) is 4.03. The molecule has 4 rings (SSSR count). The molecule has 1 heterocycles. The number of fused-ring (bicyclic) bond motifs is 1. The van der Waals surface area contributed by atoms with E-state index in [0.717, 1.165) is 34.5 Å². The summed E-state index contributed by atoms with van der Waals surface area (Å²) < 4.78 is 32.6. The molecule has 1 aliphatic heterocycles. The summed E-state index contributed by atoms with van der Waals surface area (Å²) in [5.41, 5.74) is 2.66. The Bertz CT molecular complexity index is 1270. The van der Waals surface area contributed by atoms with E-state index < -0.39 is 23.6 Å². The molecule has 0 fully saturated rings. The first-order valence-electron chi connectivity index (χ1n) is 11.4. The van der Waals surface area contributed by atoms with Crippen LogP contribution in [0.15, 0.2) is 60.7 Å². The van der Waals surface area contributed by atoms with Crippen molar-refractivity contribution >= 4 is 17.5 Å². The van der Waals surface area contributed by atoms with Crippen molar-refractivity contribution in [1.29, 1.82) is 0 Å². The SMILES string of the molecule is CN(C)C(=O)CNc1cccc2c1CN(C(=O)c1c(O)cc(C(F)F)cc1OCc1ccccc1)C2. The highest BCUT2D eigenvalue weighted by Crippen LogP contribution is 2.38. The van der Waals surface area contributed by atoms with Crippen molar-refractivity contribution in [3.63, 3.8) is 0 Å². The molecule has 3 aromatic rings. The Morgan fingerprint density at radius 1 is 1.08 bits per heavy atom. The van der Waals surface area contributed by atoms with Crippen molar-refractivity contribution in [3.8, 4) is 11.5 Å². The molecule has 1 aliphatic rings. The lowest BCUT2D eigenvalue weighted by Gasteiger charge is -2.20. The van der Waals surface area contributed by atoms with Crippen molar-refractivity contribution in [2.24, 2.45) is 0 Å². The molecule has 2 N–H and O–H groups in total. The maximum atomic E-state index is 13.5. The predicted molar refractivity (Wildman–Crippen MR) is 131 cm³/mol. The molecule has 9 heteroatoms. The van der Waals surface area contributed by atoms with Gasteiger partial charge >= 0.3 is 0 Å². The molecule has 188 valence electrons. The number of nitrogens with one attached hydrogen (secondary N) is 1. The number of carbonyl (C=O) groups is 2. The van der Waals surface area contributed by atoms with Crippen LogP contribution >= 0.6 is 0 Å². The molecule has 0 saturated heterocycles. The minimum atomic E-state index is -2.84. The topological polar surface area (TPSA) is 82.1 Å².